The summed E-state index contributed by atoms with van der Waals surface area (Å²) in [5.74, 6) is 2.60. The van der Waals surface area contributed by atoms with Crippen LogP contribution in [-0.2, 0) is 13.1 Å². The maximum absolute atomic E-state index is 4.63. The second-order valence-corrected chi connectivity index (χ2v) is 7.04. The van der Waals surface area contributed by atoms with E-state index in [-0.39, 0.29) is 24.0 Å². The number of nitrogens with zero attached hydrogens (tertiary/aromatic N) is 5. The lowest BCUT2D eigenvalue weighted by molar-refractivity contribution is 0.624. The van der Waals surface area contributed by atoms with Crippen LogP contribution >= 0.6 is 24.0 Å². The number of fused-ring (bicyclic) bond motifs is 1. The quantitative estimate of drug-likeness (QED) is 0.147. The number of nitrogens with one attached hydrogen (secondary N) is 3. The van der Waals surface area contributed by atoms with Gasteiger partial charge in [0, 0.05) is 32.2 Å². The highest BCUT2D eigenvalue weighted by Gasteiger charge is 2.06. The van der Waals surface area contributed by atoms with Crippen molar-refractivity contribution in [3.05, 3.63) is 66.2 Å². The molecule has 9 heteroatoms. The molecule has 0 spiro atoms. The Labute approximate surface area is 198 Å². The Morgan fingerprint density at radius 1 is 1.13 bits per heavy atom. The summed E-state index contributed by atoms with van der Waals surface area (Å²) in [6.45, 7) is 4.47. The van der Waals surface area contributed by atoms with Gasteiger partial charge in [0.25, 0.3) is 0 Å². The van der Waals surface area contributed by atoms with Gasteiger partial charge in [-0.3, -0.25) is 10.1 Å². The maximum Gasteiger partial charge on any atom is 0.191 e. The number of hydrogen-bond acceptors (Lipinski definition) is 4. The molecule has 3 N–H and O–H groups in total. The van der Waals surface area contributed by atoms with E-state index in [2.05, 4.69) is 77.6 Å². The summed E-state index contributed by atoms with van der Waals surface area (Å²) in [6, 6.07) is 16.5. The fourth-order valence-electron chi connectivity index (χ4n) is 3.50. The zero-order valence-electron chi connectivity index (χ0n) is 17.7. The fraction of sp³-hybridized carbons (Fsp3) is 0.273. The number of aromatic nitrogens is 5. The van der Waals surface area contributed by atoms with Crippen LogP contribution in [0, 0.1) is 6.92 Å². The van der Waals surface area contributed by atoms with Gasteiger partial charge >= 0.3 is 0 Å². The van der Waals surface area contributed by atoms with Gasteiger partial charge in [0.15, 0.2) is 11.8 Å². The third-order valence-corrected chi connectivity index (χ3v) is 5.00. The van der Waals surface area contributed by atoms with Crippen molar-refractivity contribution >= 4 is 41.0 Å². The third kappa shape index (κ3) is 5.60. The molecule has 0 radical (unpaired) electrons. The largest absolute Gasteiger partial charge is 0.356 e. The average Bonchev–Trinajstić information content (AvgIpc) is 3.41. The molecule has 0 saturated carbocycles. The van der Waals surface area contributed by atoms with E-state index in [0.717, 1.165) is 53.8 Å². The van der Waals surface area contributed by atoms with E-state index in [1.165, 1.54) is 11.8 Å². The first-order chi connectivity index (χ1) is 14.7. The smallest absolute Gasteiger partial charge is 0.191 e. The van der Waals surface area contributed by atoms with Gasteiger partial charge in [-0.15, -0.1) is 24.0 Å². The third-order valence-electron chi connectivity index (χ3n) is 5.00. The standard InChI is InChI=1S/C22H26N8.HI/c1-16-28-19-9-3-4-10-20(19)30(16)12-6-11-24-22(23-2)25-14-17-7-5-8-18(13-17)21-26-15-27-29-21;/h3-5,7-10,13,15H,6,11-12,14H2,1-2H3,(H2,23,24,25)(H,26,27,29);1H. The molecule has 0 saturated heterocycles. The summed E-state index contributed by atoms with van der Waals surface area (Å²) >= 11 is 0. The molecule has 162 valence electrons. The Morgan fingerprint density at radius 3 is 2.81 bits per heavy atom. The maximum atomic E-state index is 4.63. The molecule has 4 aromatic rings. The molecular formula is C22H27IN8. The van der Waals surface area contributed by atoms with Crippen molar-refractivity contribution in [2.24, 2.45) is 4.99 Å². The number of imidazole rings is 1. The molecule has 0 fully saturated rings. The van der Waals surface area contributed by atoms with Crippen molar-refractivity contribution in [2.75, 3.05) is 13.6 Å². The van der Waals surface area contributed by atoms with Crippen molar-refractivity contribution in [2.45, 2.75) is 26.4 Å². The molecule has 2 heterocycles. The van der Waals surface area contributed by atoms with Gasteiger partial charge < -0.3 is 15.2 Å². The van der Waals surface area contributed by atoms with Crippen LogP contribution < -0.4 is 10.6 Å². The summed E-state index contributed by atoms with van der Waals surface area (Å²) < 4.78 is 2.27. The van der Waals surface area contributed by atoms with E-state index < -0.39 is 0 Å². The lowest BCUT2D eigenvalue weighted by Gasteiger charge is -2.13. The minimum atomic E-state index is 0. The van der Waals surface area contributed by atoms with Gasteiger partial charge in [-0.2, -0.15) is 5.10 Å². The topological polar surface area (TPSA) is 95.8 Å². The van der Waals surface area contributed by atoms with Crippen LogP contribution in [-0.4, -0.2) is 44.3 Å². The highest BCUT2D eigenvalue weighted by molar-refractivity contribution is 14.0. The van der Waals surface area contributed by atoms with Crippen LogP contribution in [0.1, 0.15) is 17.8 Å². The van der Waals surface area contributed by atoms with Crippen LogP contribution in [0.25, 0.3) is 22.4 Å². The lowest BCUT2D eigenvalue weighted by atomic mass is 10.1. The summed E-state index contributed by atoms with van der Waals surface area (Å²) in [6.07, 6.45) is 2.49. The number of rotatable bonds is 7. The summed E-state index contributed by atoms with van der Waals surface area (Å²) in [7, 11) is 1.79. The molecule has 2 aromatic carbocycles. The SMILES string of the molecule is CN=C(NCCCn1c(C)nc2ccccc21)NCc1cccc(-c2ncn[nH]2)c1.I. The predicted molar refractivity (Wildman–Crippen MR) is 135 cm³/mol. The predicted octanol–water partition coefficient (Wildman–Crippen LogP) is 3.50. The Hall–Kier alpha value is -2.95. The first kappa shape index (κ1) is 22.7. The second kappa shape index (κ2) is 10.9. The van der Waals surface area contributed by atoms with Gasteiger partial charge in [-0.1, -0.05) is 30.3 Å². The molecular weight excluding hydrogens is 503 g/mol. The van der Waals surface area contributed by atoms with Crippen molar-refractivity contribution in [3.8, 4) is 11.4 Å². The van der Waals surface area contributed by atoms with E-state index in [1.807, 2.05) is 18.2 Å². The van der Waals surface area contributed by atoms with Crippen molar-refractivity contribution in [1.82, 2.24) is 35.4 Å². The van der Waals surface area contributed by atoms with Crippen LogP contribution in [0.4, 0.5) is 0 Å². The molecule has 0 atom stereocenters. The number of halogens is 1. The normalized spacial score (nSPS) is 11.4. The van der Waals surface area contributed by atoms with Crippen molar-refractivity contribution in [1.29, 1.82) is 0 Å². The van der Waals surface area contributed by atoms with Crippen molar-refractivity contribution < 1.29 is 0 Å². The zero-order valence-corrected chi connectivity index (χ0v) is 20.0. The average molecular weight is 530 g/mol. The van der Waals surface area contributed by atoms with Gasteiger partial charge in [0.2, 0.25) is 0 Å². The molecule has 0 aliphatic carbocycles. The molecule has 8 nitrogen and oxygen atoms in total. The van der Waals surface area contributed by atoms with Gasteiger partial charge in [0.1, 0.15) is 12.2 Å². The number of aromatic amines is 1. The Balaban J connectivity index is 0.00000272. The van der Waals surface area contributed by atoms with Crippen LogP contribution in [0.2, 0.25) is 0 Å². The van der Waals surface area contributed by atoms with E-state index >= 15 is 0 Å². The van der Waals surface area contributed by atoms with Crippen LogP contribution in [0.15, 0.2) is 59.9 Å². The first-order valence-corrected chi connectivity index (χ1v) is 10.1. The van der Waals surface area contributed by atoms with Crippen LogP contribution in [0.3, 0.4) is 0 Å². The van der Waals surface area contributed by atoms with Gasteiger partial charge in [0.05, 0.1) is 11.0 Å². The molecule has 31 heavy (non-hydrogen) atoms. The number of aryl methyl sites for hydroxylation is 2. The summed E-state index contributed by atoms with van der Waals surface area (Å²) in [5.41, 5.74) is 4.39. The van der Waals surface area contributed by atoms with E-state index in [1.54, 1.807) is 7.05 Å². The van der Waals surface area contributed by atoms with E-state index in [9.17, 15) is 0 Å². The Kier molecular flexibility index (Phi) is 7.99. The minimum absolute atomic E-state index is 0. The molecule has 0 aliphatic rings. The molecule has 0 bridgehead atoms. The number of guanidine groups is 1. The minimum Gasteiger partial charge on any atom is -0.356 e. The van der Waals surface area contributed by atoms with Gasteiger partial charge in [-0.05, 0) is 37.1 Å². The van der Waals surface area contributed by atoms with Crippen LogP contribution in [0.5, 0.6) is 0 Å². The molecule has 0 amide bonds. The molecule has 4 rings (SSSR count). The zero-order chi connectivity index (χ0) is 20.8. The highest BCUT2D eigenvalue weighted by Crippen LogP contribution is 2.16. The summed E-state index contributed by atoms with van der Waals surface area (Å²) in [4.78, 5) is 13.2. The van der Waals surface area contributed by atoms with E-state index in [0.29, 0.717) is 6.54 Å². The number of benzene rings is 2. The number of para-hydroxylation sites is 2. The highest BCUT2D eigenvalue weighted by atomic mass is 127. The Morgan fingerprint density at radius 2 is 2.00 bits per heavy atom. The van der Waals surface area contributed by atoms with E-state index in [4.69, 9.17) is 0 Å². The van der Waals surface area contributed by atoms with Crippen molar-refractivity contribution in [3.63, 3.8) is 0 Å². The van der Waals surface area contributed by atoms with Gasteiger partial charge in [-0.25, -0.2) is 9.97 Å². The number of hydrogen-bond donors (Lipinski definition) is 3. The summed E-state index contributed by atoms with van der Waals surface area (Å²) in [5, 5.41) is 13.6. The Bertz CT molecular complexity index is 1130. The second-order valence-electron chi connectivity index (χ2n) is 7.04. The number of H-pyrrole nitrogens is 1. The first-order valence-electron chi connectivity index (χ1n) is 10.1. The fourth-order valence-corrected chi connectivity index (χ4v) is 3.50. The number of aliphatic imine (C=N–C) groups is 1. The molecule has 2 aromatic heterocycles. The monoisotopic (exact) mass is 530 g/mol. The molecule has 0 unspecified atom stereocenters. The lowest BCUT2D eigenvalue weighted by Crippen LogP contribution is -2.37. The molecule has 0 aliphatic heterocycles.